The number of rotatable bonds is 11. The van der Waals surface area contributed by atoms with Crippen LogP contribution >= 0.6 is 11.6 Å². The summed E-state index contributed by atoms with van der Waals surface area (Å²) in [5, 5.41) is 16.9. The van der Waals surface area contributed by atoms with Gasteiger partial charge in [-0.15, -0.1) is 13.2 Å². The molecule has 0 saturated carbocycles. The van der Waals surface area contributed by atoms with Gasteiger partial charge in [-0.05, 0) is 71.6 Å². The molecule has 0 fully saturated rings. The SMILES string of the molecule is Cc1cc(/C=N/NC(=O)c2ccc(O)c(Cl)c2)cc(-c2ccccc2)c1OCCNCc1ccc(OC(F)(F)F)cc1. The van der Waals surface area contributed by atoms with Crippen LogP contribution in [0, 0.1) is 6.92 Å². The number of phenols is 1. The molecule has 0 aliphatic rings. The molecule has 0 aliphatic heterocycles. The fourth-order valence-corrected chi connectivity index (χ4v) is 4.23. The van der Waals surface area contributed by atoms with E-state index in [1.807, 2.05) is 49.4 Å². The van der Waals surface area contributed by atoms with Crippen LogP contribution in [-0.2, 0) is 6.54 Å². The van der Waals surface area contributed by atoms with Gasteiger partial charge in [0, 0.05) is 24.2 Å². The number of hydrogen-bond acceptors (Lipinski definition) is 6. The third kappa shape index (κ3) is 8.73. The maximum Gasteiger partial charge on any atom is 0.573 e. The summed E-state index contributed by atoms with van der Waals surface area (Å²) >= 11 is 5.88. The van der Waals surface area contributed by atoms with Crippen molar-refractivity contribution in [3.8, 4) is 28.4 Å². The number of halogens is 4. The number of alkyl halides is 3. The molecule has 0 bridgehead atoms. The maximum atomic E-state index is 12.4. The predicted molar refractivity (Wildman–Crippen MR) is 155 cm³/mol. The van der Waals surface area contributed by atoms with Gasteiger partial charge < -0.3 is 19.9 Å². The third-order valence-corrected chi connectivity index (χ3v) is 6.29. The van der Waals surface area contributed by atoms with Crippen molar-refractivity contribution in [1.82, 2.24) is 10.7 Å². The van der Waals surface area contributed by atoms with E-state index in [2.05, 4.69) is 20.6 Å². The van der Waals surface area contributed by atoms with Gasteiger partial charge in [-0.25, -0.2) is 5.43 Å². The molecular formula is C31H27ClF3N3O4. The number of ether oxygens (including phenoxy) is 2. The zero-order chi connectivity index (χ0) is 30.1. The van der Waals surface area contributed by atoms with Gasteiger partial charge in [0.15, 0.2) is 0 Å². The van der Waals surface area contributed by atoms with Gasteiger partial charge in [0.2, 0.25) is 0 Å². The summed E-state index contributed by atoms with van der Waals surface area (Å²) < 4.78 is 47.1. The molecule has 0 radical (unpaired) electrons. The smallest absolute Gasteiger partial charge is 0.506 e. The number of nitrogens with one attached hydrogen (secondary N) is 2. The Balaban J connectivity index is 1.39. The van der Waals surface area contributed by atoms with Crippen LogP contribution in [0.15, 0.2) is 90.0 Å². The quantitative estimate of drug-likeness (QED) is 0.0999. The van der Waals surface area contributed by atoms with Crippen LogP contribution in [0.25, 0.3) is 11.1 Å². The first-order chi connectivity index (χ1) is 20.1. The third-order valence-electron chi connectivity index (χ3n) is 5.98. The number of phenolic OH excluding ortho intramolecular Hbond substituents is 1. The van der Waals surface area contributed by atoms with Crippen molar-refractivity contribution in [2.75, 3.05) is 13.2 Å². The molecule has 0 aliphatic carbocycles. The number of hydrazone groups is 1. The van der Waals surface area contributed by atoms with Gasteiger partial charge in [0.1, 0.15) is 23.9 Å². The molecule has 0 atom stereocenters. The normalized spacial score (nSPS) is 11.5. The minimum atomic E-state index is -4.72. The van der Waals surface area contributed by atoms with Crippen molar-refractivity contribution in [1.29, 1.82) is 0 Å². The van der Waals surface area contributed by atoms with Crippen LogP contribution in [0.5, 0.6) is 17.2 Å². The van der Waals surface area contributed by atoms with E-state index < -0.39 is 12.3 Å². The first kappa shape index (κ1) is 30.4. The lowest BCUT2D eigenvalue weighted by Gasteiger charge is -2.16. The topological polar surface area (TPSA) is 92.2 Å². The first-order valence-electron chi connectivity index (χ1n) is 12.8. The molecule has 4 rings (SSSR count). The van der Waals surface area contributed by atoms with E-state index in [1.54, 1.807) is 12.1 Å². The van der Waals surface area contributed by atoms with Gasteiger partial charge in [0.25, 0.3) is 5.91 Å². The minimum Gasteiger partial charge on any atom is -0.506 e. The average Bonchev–Trinajstić information content (AvgIpc) is 2.95. The Kier molecular flexibility index (Phi) is 10.1. The van der Waals surface area contributed by atoms with Crippen molar-refractivity contribution in [3.63, 3.8) is 0 Å². The molecule has 0 unspecified atom stereocenters. The fourth-order valence-electron chi connectivity index (χ4n) is 4.05. The number of benzene rings is 4. The van der Waals surface area contributed by atoms with Gasteiger partial charge >= 0.3 is 6.36 Å². The number of aryl methyl sites for hydroxylation is 1. The maximum absolute atomic E-state index is 12.4. The largest absolute Gasteiger partial charge is 0.573 e. The molecule has 42 heavy (non-hydrogen) atoms. The van der Waals surface area contributed by atoms with Crippen LogP contribution in [0.2, 0.25) is 5.02 Å². The van der Waals surface area contributed by atoms with Crippen molar-refractivity contribution >= 4 is 23.7 Å². The van der Waals surface area contributed by atoms with E-state index >= 15 is 0 Å². The second-order valence-corrected chi connectivity index (χ2v) is 9.57. The second kappa shape index (κ2) is 13.9. The van der Waals surface area contributed by atoms with E-state index in [9.17, 15) is 23.1 Å². The zero-order valence-corrected chi connectivity index (χ0v) is 23.2. The number of aromatic hydroxyl groups is 1. The van der Waals surface area contributed by atoms with E-state index in [0.29, 0.717) is 25.4 Å². The predicted octanol–water partition coefficient (Wildman–Crippen LogP) is 6.85. The highest BCUT2D eigenvalue weighted by atomic mass is 35.5. The van der Waals surface area contributed by atoms with Crippen molar-refractivity contribution in [2.45, 2.75) is 19.8 Å². The van der Waals surface area contributed by atoms with Crippen LogP contribution in [0.4, 0.5) is 13.2 Å². The standard InChI is InChI=1S/C31H27ClF3N3O4/c1-20-15-22(19-37-38-30(40)24-9-12-28(39)27(32)17-24)16-26(23-5-3-2-4-6-23)29(20)41-14-13-36-18-21-7-10-25(11-8-21)42-31(33,34)35/h2-12,15-17,19,36,39H,13-14,18H2,1H3,(H,38,40)/b37-19+. The van der Waals surface area contributed by atoms with E-state index in [4.69, 9.17) is 16.3 Å². The Labute approximate surface area is 245 Å². The molecule has 0 spiro atoms. The van der Waals surface area contributed by atoms with E-state index in [1.165, 1.54) is 36.5 Å². The summed E-state index contributed by atoms with van der Waals surface area (Å²) in [5.74, 6) is -0.175. The number of amides is 1. The molecular weight excluding hydrogens is 571 g/mol. The number of nitrogens with zero attached hydrogens (tertiary/aromatic N) is 1. The van der Waals surface area contributed by atoms with Crippen molar-refractivity contribution in [3.05, 3.63) is 112 Å². The summed E-state index contributed by atoms with van der Waals surface area (Å²) in [7, 11) is 0. The first-order valence-corrected chi connectivity index (χ1v) is 13.2. The molecule has 7 nitrogen and oxygen atoms in total. The molecule has 0 saturated heterocycles. The Bertz CT molecular complexity index is 1550. The Hall–Kier alpha value is -4.54. The Morgan fingerprint density at radius 1 is 1.02 bits per heavy atom. The van der Waals surface area contributed by atoms with Gasteiger partial charge in [-0.3, -0.25) is 4.79 Å². The molecule has 0 aromatic heterocycles. The highest BCUT2D eigenvalue weighted by molar-refractivity contribution is 6.32. The number of hydrogen-bond donors (Lipinski definition) is 3. The molecule has 4 aromatic rings. The van der Waals surface area contributed by atoms with E-state index in [-0.39, 0.29) is 22.1 Å². The lowest BCUT2D eigenvalue weighted by molar-refractivity contribution is -0.274. The van der Waals surface area contributed by atoms with Gasteiger partial charge in [0.05, 0.1) is 11.2 Å². The zero-order valence-electron chi connectivity index (χ0n) is 22.4. The highest BCUT2D eigenvalue weighted by Gasteiger charge is 2.30. The fraction of sp³-hybridized carbons (Fsp3) is 0.161. The van der Waals surface area contributed by atoms with Crippen LogP contribution in [0.3, 0.4) is 0 Å². The Morgan fingerprint density at radius 2 is 1.76 bits per heavy atom. The lowest BCUT2D eigenvalue weighted by Crippen LogP contribution is -2.21. The van der Waals surface area contributed by atoms with E-state index in [0.717, 1.165) is 27.8 Å². The summed E-state index contributed by atoms with van der Waals surface area (Å²) in [6, 6.07) is 23.3. The van der Waals surface area contributed by atoms with Crippen LogP contribution in [-0.4, -0.2) is 36.7 Å². The monoisotopic (exact) mass is 597 g/mol. The molecule has 218 valence electrons. The average molecular weight is 598 g/mol. The summed E-state index contributed by atoms with van der Waals surface area (Å²) in [5.41, 5.74) is 6.87. The molecule has 3 N–H and O–H groups in total. The number of carbonyl (C=O) groups is 1. The highest BCUT2D eigenvalue weighted by Crippen LogP contribution is 2.34. The van der Waals surface area contributed by atoms with Crippen LogP contribution < -0.4 is 20.2 Å². The van der Waals surface area contributed by atoms with Gasteiger partial charge in [-0.1, -0.05) is 54.1 Å². The molecule has 4 aromatic carbocycles. The lowest BCUT2D eigenvalue weighted by atomic mass is 9.99. The molecule has 0 heterocycles. The van der Waals surface area contributed by atoms with Crippen molar-refractivity contribution in [2.24, 2.45) is 5.10 Å². The second-order valence-electron chi connectivity index (χ2n) is 9.16. The molecule has 11 heteroatoms. The summed E-state index contributed by atoms with van der Waals surface area (Å²) in [6.45, 7) is 3.19. The molecule has 1 amide bonds. The summed E-state index contributed by atoms with van der Waals surface area (Å²) in [6.07, 6.45) is -3.20. The van der Waals surface area contributed by atoms with Crippen LogP contribution in [0.1, 0.15) is 27.0 Å². The van der Waals surface area contributed by atoms with Crippen molar-refractivity contribution < 1.29 is 32.5 Å². The summed E-state index contributed by atoms with van der Waals surface area (Å²) in [4.78, 5) is 12.4. The number of carbonyl (C=O) groups excluding carboxylic acids is 1. The Morgan fingerprint density at radius 3 is 2.45 bits per heavy atom. The van der Waals surface area contributed by atoms with Gasteiger partial charge in [-0.2, -0.15) is 5.10 Å². The minimum absolute atomic E-state index is 0.0640.